The van der Waals surface area contributed by atoms with Gasteiger partial charge in [-0.1, -0.05) is 17.7 Å². The first-order chi connectivity index (χ1) is 9.27. The van der Waals surface area contributed by atoms with Crippen molar-refractivity contribution in [1.29, 1.82) is 0 Å². The zero-order valence-corrected chi connectivity index (χ0v) is 12.3. The van der Waals surface area contributed by atoms with E-state index in [-0.39, 0.29) is 12.5 Å². The smallest absolute Gasteiger partial charge is 0.303 e. The van der Waals surface area contributed by atoms with Crippen molar-refractivity contribution >= 4 is 0 Å². The topological polar surface area (TPSA) is 12.0 Å². The molecule has 1 nitrogen and oxygen atoms in total. The van der Waals surface area contributed by atoms with E-state index in [1.165, 1.54) is 22.3 Å². The van der Waals surface area contributed by atoms with E-state index in [9.17, 15) is 13.2 Å². The molecule has 0 saturated carbocycles. The van der Waals surface area contributed by atoms with Gasteiger partial charge in [0.15, 0.2) is 0 Å². The minimum absolute atomic E-state index is 0.0736. The van der Waals surface area contributed by atoms with Gasteiger partial charge in [-0.3, -0.25) is 0 Å². The molecule has 1 aromatic carbocycles. The second kappa shape index (κ2) is 5.76. The van der Waals surface area contributed by atoms with Crippen LogP contribution in [0.2, 0.25) is 0 Å². The van der Waals surface area contributed by atoms with Gasteiger partial charge in [0, 0.05) is 6.04 Å². The van der Waals surface area contributed by atoms with Crippen LogP contribution in [0.15, 0.2) is 12.1 Å². The summed E-state index contributed by atoms with van der Waals surface area (Å²) in [7, 11) is 0. The van der Waals surface area contributed by atoms with Crippen molar-refractivity contribution in [3.05, 3.63) is 34.4 Å². The van der Waals surface area contributed by atoms with Crippen LogP contribution in [0.1, 0.15) is 41.5 Å². The van der Waals surface area contributed by atoms with Crippen molar-refractivity contribution in [2.45, 2.75) is 64.7 Å². The lowest BCUT2D eigenvalue weighted by Gasteiger charge is -2.33. The molecular formula is C16H22F3N. The van der Waals surface area contributed by atoms with Crippen LogP contribution in [0.4, 0.5) is 13.2 Å². The zero-order chi connectivity index (χ0) is 14.9. The number of piperidine rings is 1. The van der Waals surface area contributed by atoms with E-state index < -0.39 is 12.2 Å². The maximum absolute atomic E-state index is 12.8. The monoisotopic (exact) mass is 285 g/mol. The Morgan fingerprint density at radius 3 is 2.25 bits per heavy atom. The van der Waals surface area contributed by atoms with E-state index in [2.05, 4.69) is 17.4 Å². The Morgan fingerprint density at radius 2 is 1.70 bits per heavy atom. The second-order valence-electron chi connectivity index (χ2n) is 5.97. The quantitative estimate of drug-likeness (QED) is 0.857. The second-order valence-corrected chi connectivity index (χ2v) is 5.97. The summed E-state index contributed by atoms with van der Waals surface area (Å²) in [5.41, 5.74) is 4.75. The maximum atomic E-state index is 12.8. The van der Waals surface area contributed by atoms with E-state index in [0.717, 1.165) is 6.42 Å². The summed E-state index contributed by atoms with van der Waals surface area (Å²) >= 11 is 0. The Bertz CT molecular complexity index is 456. The summed E-state index contributed by atoms with van der Waals surface area (Å²) in [5.74, 6) is 0. The van der Waals surface area contributed by atoms with Crippen molar-refractivity contribution in [1.82, 2.24) is 5.32 Å². The molecule has 0 spiro atoms. The molecule has 2 unspecified atom stereocenters. The summed E-state index contributed by atoms with van der Waals surface area (Å²) in [6.07, 6.45) is -1.78. The van der Waals surface area contributed by atoms with Gasteiger partial charge >= 0.3 is 6.18 Å². The summed E-state index contributed by atoms with van der Waals surface area (Å²) in [6.45, 7) is 6.13. The fourth-order valence-corrected chi connectivity index (χ4v) is 3.22. The molecule has 1 fully saturated rings. The predicted octanol–water partition coefficient (Wildman–Crippen LogP) is 4.23. The molecule has 112 valence electrons. The van der Waals surface area contributed by atoms with Crippen molar-refractivity contribution in [2.75, 3.05) is 0 Å². The normalized spacial score (nSPS) is 23.9. The highest BCUT2D eigenvalue weighted by molar-refractivity contribution is 5.38. The first-order valence-corrected chi connectivity index (χ1v) is 7.17. The molecule has 1 heterocycles. The molecule has 20 heavy (non-hydrogen) atoms. The van der Waals surface area contributed by atoms with Crippen molar-refractivity contribution in [3.8, 4) is 0 Å². The summed E-state index contributed by atoms with van der Waals surface area (Å²) in [6, 6.07) is 2.79. The molecule has 1 N–H and O–H groups in total. The van der Waals surface area contributed by atoms with Crippen LogP contribution in [0.5, 0.6) is 0 Å². The van der Waals surface area contributed by atoms with Gasteiger partial charge in [-0.15, -0.1) is 0 Å². The Hall–Kier alpha value is -1.03. The average molecular weight is 285 g/mol. The number of hydrogen-bond acceptors (Lipinski definition) is 1. The van der Waals surface area contributed by atoms with E-state index in [1.54, 1.807) is 0 Å². The average Bonchev–Trinajstić information content (AvgIpc) is 2.33. The van der Waals surface area contributed by atoms with Crippen LogP contribution in [-0.4, -0.2) is 18.3 Å². The molecule has 4 heteroatoms. The van der Waals surface area contributed by atoms with Gasteiger partial charge in [-0.05, 0) is 63.1 Å². The predicted molar refractivity (Wildman–Crippen MR) is 75.0 cm³/mol. The van der Waals surface area contributed by atoms with Crippen molar-refractivity contribution in [2.24, 2.45) is 0 Å². The lowest BCUT2D eigenvalue weighted by atomic mass is 9.89. The fourth-order valence-electron chi connectivity index (χ4n) is 3.22. The minimum atomic E-state index is -4.13. The summed E-state index contributed by atoms with van der Waals surface area (Å²) < 4.78 is 38.4. The van der Waals surface area contributed by atoms with Gasteiger partial charge in [0.2, 0.25) is 0 Å². The molecule has 1 aromatic rings. The van der Waals surface area contributed by atoms with Crippen LogP contribution in [0.3, 0.4) is 0 Å². The largest absolute Gasteiger partial charge is 0.403 e. The molecule has 1 saturated heterocycles. The van der Waals surface area contributed by atoms with Crippen LogP contribution in [-0.2, 0) is 6.42 Å². The highest BCUT2D eigenvalue weighted by atomic mass is 19.4. The molecule has 0 aromatic heterocycles. The van der Waals surface area contributed by atoms with Gasteiger partial charge in [0.25, 0.3) is 0 Å². The van der Waals surface area contributed by atoms with E-state index in [4.69, 9.17) is 0 Å². The highest BCUT2D eigenvalue weighted by Gasteiger charge is 2.41. The number of benzene rings is 1. The van der Waals surface area contributed by atoms with Gasteiger partial charge in [0.1, 0.15) is 6.04 Å². The van der Waals surface area contributed by atoms with Crippen molar-refractivity contribution in [3.63, 3.8) is 0 Å². The fraction of sp³-hybridized carbons (Fsp3) is 0.625. The highest BCUT2D eigenvalue weighted by Crippen LogP contribution is 2.29. The molecule has 1 aliphatic rings. The Labute approximate surface area is 118 Å². The molecule has 0 amide bonds. The van der Waals surface area contributed by atoms with E-state index in [1.807, 2.05) is 20.8 Å². The van der Waals surface area contributed by atoms with E-state index in [0.29, 0.717) is 12.8 Å². The summed E-state index contributed by atoms with van der Waals surface area (Å²) in [5, 5.41) is 2.79. The number of aryl methyl sites for hydroxylation is 3. The number of halogens is 3. The molecule has 0 aliphatic carbocycles. The molecule has 1 aliphatic heterocycles. The van der Waals surface area contributed by atoms with Gasteiger partial charge in [-0.25, -0.2) is 0 Å². The first-order valence-electron chi connectivity index (χ1n) is 7.17. The Balaban J connectivity index is 2.11. The number of nitrogens with one attached hydrogen (secondary N) is 1. The number of alkyl halides is 3. The minimum Gasteiger partial charge on any atom is -0.303 e. The SMILES string of the molecule is Cc1cc(C)c(CC2CCCC(C(F)(F)F)N2)c(C)c1. The molecule has 2 atom stereocenters. The van der Waals surface area contributed by atoms with Gasteiger partial charge < -0.3 is 5.32 Å². The van der Waals surface area contributed by atoms with Crippen LogP contribution < -0.4 is 5.32 Å². The zero-order valence-electron chi connectivity index (χ0n) is 12.3. The van der Waals surface area contributed by atoms with Gasteiger partial charge in [0.05, 0.1) is 0 Å². The molecule has 2 rings (SSSR count). The molecular weight excluding hydrogens is 263 g/mol. The third-order valence-corrected chi connectivity index (χ3v) is 4.17. The third kappa shape index (κ3) is 3.54. The third-order valence-electron chi connectivity index (χ3n) is 4.17. The van der Waals surface area contributed by atoms with E-state index >= 15 is 0 Å². The maximum Gasteiger partial charge on any atom is 0.403 e. The Kier molecular flexibility index (Phi) is 4.43. The van der Waals surface area contributed by atoms with Crippen molar-refractivity contribution < 1.29 is 13.2 Å². The molecule has 0 radical (unpaired) electrons. The van der Waals surface area contributed by atoms with Crippen LogP contribution in [0, 0.1) is 20.8 Å². The molecule has 0 bridgehead atoms. The first kappa shape index (κ1) is 15.4. The number of hydrogen-bond donors (Lipinski definition) is 1. The summed E-state index contributed by atoms with van der Waals surface area (Å²) in [4.78, 5) is 0. The number of rotatable bonds is 2. The standard InChI is InChI=1S/C16H22F3N/c1-10-7-11(2)14(12(3)8-10)9-13-5-4-6-15(20-13)16(17,18)19/h7-8,13,15,20H,4-6,9H2,1-3H3. The van der Waals surface area contributed by atoms with Crippen LogP contribution >= 0.6 is 0 Å². The lowest BCUT2D eigenvalue weighted by Crippen LogP contribution is -2.51. The lowest BCUT2D eigenvalue weighted by molar-refractivity contribution is -0.163. The van der Waals surface area contributed by atoms with Crippen LogP contribution in [0.25, 0.3) is 0 Å². The Morgan fingerprint density at radius 1 is 1.10 bits per heavy atom. The van der Waals surface area contributed by atoms with Gasteiger partial charge in [-0.2, -0.15) is 13.2 Å².